The summed E-state index contributed by atoms with van der Waals surface area (Å²) in [6, 6.07) is 11.8. The number of aliphatic imine (C=N–C) groups is 1. The molecule has 0 aliphatic heterocycles. The number of benzene rings is 2. The number of hydrogen-bond acceptors (Lipinski definition) is 4. The number of primary amides is 1. The molecule has 150 valence electrons. The molecule has 4 aromatic rings. The number of fused-ring (bicyclic) bond motifs is 1. The third kappa shape index (κ3) is 3.24. The number of amides is 1. The predicted octanol–water partition coefficient (Wildman–Crippen LogP) is 3.05. The molecule has 0 aliphatic rings. The fourth-order valence-corrected chi connectivity index (χ4v) is 3.38. The average molecular weight is 402 g/mol. The van der Waals surface area contributed by atoms with Crippen LogP contribution in [0.5, 0.6) is 0 Å². The summed E-state index contributed by atoms with van der Waals surface area (Å²) in [5, 5.41) is 0.905. The van der Waals surface area contributed by atoms with Gasteiger partial charge in [0.15, 0.2) is 0 Å². The number of nitrogens with two attached hydrogens (primary N) is 2. The maximum Gasteiger partial charge on any atom is 0.248 e. The highest BCUT2D eigenvalue weighted by atomic mass is 19.1. The molecule has 0 atom stereocenters. The normalized spacial score (nSPS) is 12.1. The lowest BCUT2D eigenvalue weighted by Crippen LogP contribution is -2.11. The van der Waals surface area contributed by atoms with Gasteiger partial charge in [-0.05, 0) is 36.4 Å². The number of aromatic nitrogens is 3. The first-order valence-electron chi connectivity index (χ1n) is 9.12. The van der Waals surface area contributed by atoms with Crippen molar-refractivity contribution in [1.82, 2.24) is 14.1 Å². The Balaban J connectivity index is 1.80. The minimum absolute atomic E-state index is 0.124. The van der Waals surface area contributed by atoms with Gasteiger partial charge in [0, 0.05) is 48.4 Å². The van der Waals surface area contributed by atoms with E-state index in [4.69, 9.17) is 11.5 Å². The first-order chi connectivity index (χ1) is 14.5. The first-order valence-corrected chi connectivity index (χ1v) is 9.12. The zero-order chi connectivity index (χ0) is 21.3. The minimum atomic E-state index is -0.671. The lowest BCUT2D eigenvalue weighted by atomic mass is 10.1. The second kappa shape index (κ2) is 7.67. The highest BCUT2D eigenvalue weighted by Gasteiger charge is 2.14. The Morgan fingerprint density at radius 1 is 1.20 bits per heavy atom. The first kappa shape index (κ1) is 19.1. The molecule has 2 aromatic carbocycles. The van der Waals surface area contributed by atoms with E-state index in [0.717, 1.165) is 22.7 Å². The Morgan fingerprint density at radius 3 is 2.73 bits per heavy atom. The van der Waals surface area contributed by atoms with Gasteiger partial charge in [-0.3, -0.25) is 9.79 Å². The molecular weight excluding hydrogens is 383 g/mol. The molecule has 1 amide bonds. The molecule has 30 heavy (non-hydrogen) atoms. The molecule has 0 saturated carbocycles. The van der Waals surface area contributed by atoms with Crippen molar-refractivity contribution >= 4 is 28.6 Å². The number of hydrogen-bond donors (Lipinski definition) is 2. The van der Waals surface area contributed by atoms with Gasteiger partial charge in [-0.15, -0.1) is 0 Å². The standard InChI is InChI=1S/C22H19FN6O/c1-26-11-15(10-24)18-12-28(13-27-18)19-3-2-4-20-16(19)7-8-29(20)21-6-5-14(22(25)30)9-17(21)23/h2-13H,24H2,1H3,(H2,25,30). The largest absolute Gasteiger partial charge is 0.404 e. The van der Waals surface area contributed by atoms with E-state index in [1.807, 2.05) is 35.0 Å². The fourth-order valence-electron chi connectivity index (χ4n) is 3.38. The van der Waals surface area contributed by atoms with Crippen LogP contribution in [0.15, 0.2) is 72.4 Å². The smallest absolute Gasteiger partial charge is 0.248 e. The molecule has 0 saturated heterocycles. The third-order valence-electron chi connectivity index (χ3n) is 4.81. The van der Waals surface area contributed by atoms with Crippen LogP contribution in [0.25, 0.3) is 27.9 Å². The van der Waals surface area contributed by atoms with Gasteiger partial charge in [-0.25, -0.2) is 9.37 Å². The number of carbonyl (C=O) groups excluding carboxylic acids is 1. The van der Waals surface area contributed by atoms with Crippen LogP contribution in [0.1, 0.15) is 16.1 Å². The number of halogens is 1. The monoisotopic (exact) mass is 402 g/mol. The minimum Gasteiger partial charge on any atom is -0.404 e. The second-order valence-corrected chi connectivity index (χ2v) is 6.60. The molecule has 4 N–H and O–H groups in total. The van der Waals surface area contributed by atoms with Crippen molar-refractivity contribution < 1.29 is 9.18 Å². The van der Waals surface area contributed by atoms with E-state index in [1.54, 1.807) is 36.4 Å². The molecule has 4 rings (SSSR count). The Bertz CT molecular complexity index is 1310. The molecule has 0 radical (unpaired) electrons. The van der Waals surface area contributed by atoms with E-state index in [-0.39, 0.29) is 5.56 Å². The summed E-state index contributed by atoms with van der Waals surface area (Å²) in [4.78, 5) is 19.7. The Labute approximate surface area is 171 Å². The molecule has 2 aromatic heterocycles. The van der Waals surface area contributed by atoms with Crippen molar-refractivity contribution in [2.75, 3.05) is 7.05 Å². The Morgan fingerprint density at radius 2 is 2.03 bits per heavy atom. The summed E-state index contributed by atoms with van der Waals surface area (Å²) >= 11 is 0. The summed E-state index contributed by atoms with van der Waals surface area (Å²) in [6.07, 6.45) is 8.42. The molecule has 8 heteroatoms. The van der Waals surface area contributed by atoms with E-state index in [2.05, 4.69) is 9.98 Å². The second-order valence-electron chi connectivity index (χ2n) is 6.60. The number of rotatable bonds is 5. The van der Waals surface area contributed by atoms with Crippen molar-refractivity contribution in [1.29, 1.82) is 0 Å². The van der Waals surface area contributed by atoms with Gasteiger partial charge in [0.2, 0.25) is 5.91 Å². The van der Waals surface area contributed by atoms with Crippen molar-refractivity contribution in [2.24, 2.45) is 16.5 Å². The topological polar surface area (TPSA) is 104 Å². The van der Waals surface area contributed by atoms with Gasteiger partial charge in [-0.1, -0.05) is 6.07 Å². The summed E-state index contributed by atoms with van der Waals surface area (Å²) < 4.78 is 18.3. The van der Waals surface area contributed by atoms with E-state index >= 15 is 0 Å². The fraction of sp³-hybridized carbons (Fsp3) is 0.0455. The van der Waals surface area contributed by atoms with Crippen LogP contribution in [-0.2, 0) is 0 Å². The van der Waals surface area contributed by atoms with Crippen molar-refractivity contribution in [3.8, 4) is 11.4 Å². The van der Waals surface area contributed by atoms with Crippen LogP contribution >= 0.6 is 0 Å². The highest BCUT2D eigenvalue weighted by Crippen LogP contribution is 2.28. The number of carbonyl (C=O) groups is 1. The summed E-state index contributed by atoms with van der Waals surface area (Å²) in [6.45, 7) is 0. The number of allylic oxidation sites excluding steroid dienone is 1. The molecule has 0 aliphatic carbocycles. The van der Waals surface area contributed by atoms with Crippen LogP contribution in [0.2, 0.25) is 0 Å². The van der Waals surface area contributed by atoms with E-state index < -0.39 is 11.7 Å². The van der Waals surface area contributed by atoms with Gasteiger partial charge < -0.3 is 20.6 Å². The zero-order valence-electron chi connectivity index (χ0n) is 16.2. The van der Waals surface area contributed by atoms with Crippen LogP contribution in [0.4, 0.5) is 4.39 Å². The highest BCUT2D eigenvalue weighted by molar-refractivity contribution is 6.08. The van der Waals surface area contributed by atoms with Gasteiger partial charge in [0.1, 0.15) is 5.82 Å². The van der Waals surface area contributed by atoms with Gasteiger partial charge >= 0.3 is 0 Å². The van der Waals surface area contributed by atoms with Gasteiger partial charge in [0.25, 0.3) is 0 Å². The average Bonchev–Trinajstić information content (AvgIpc) is 3.39. The van der Waals surface area contributed by atoms with Crippen LogP contribution in [0.3, 0.4) is 0 Å². The van der Waals surface area contributed by atoms with Crippen molar-refractivity contribution in [3.63, 3.8) is 0 Å². The van der Waals surface area contributed by atoms with Crippen molar-refractivity contribution in [3.05, 3.63) is 84.5 Å². The van der Waals surface area contributed by atoms with Gasteiger partial charge in [0.05, 0.1) is 28.9 Å². The zero-order valence-corrected chi connectivity index (χ0v) is 16.2. The van der Waals surface area contributed by atoms with Crippen LogP contribution in [0, 0.1) is 5.82 Å². The van der Waals surface area contributed by atoms with E-state index in [1.165, 1.54) is 12.3 Å². The quantitative estimate of drug-likeness (QED) is 0.501. The SMILES string of the molecule is CN=CC(=CN)c1cn(-c2cccc3c2ccn3-c2ccc(C(N)=O)cc2F)cn1. The van der Waals surface area contributed by atoms with Gasteiger partial charge in [-0.2, -0.15) is 0 Å². The van der Waals surface area contributed by atoms with Crippen LogP contribution in [-0.4, -0.2) is 33.3 Å². The third-order valence-corrected chi connectivity index (χ3v) is 4.81. The lowest BCUT2D eigenvalue weighted by Gasteiger charge is -2.09. The molecule has 7 nitrogen and oxygen atoms in total. The molecule has 0 fully saturated rings. The maximum absolute atomic E-state index is 14.7. The van der Waals surface area contributed by atoms with Crippen molar-refractivity contribution in [2.45, 2.75) is 0 Å². The number of nitrogens with zero attached hydrogens (tertiary/aromatic N) is 4. The summed E-state index contributed by atoms with van der Waals surface area (Å²) in [7, 11) is 1.67. The number of imidazole rings is 1. The molecule has 0 bridgehead atoms. The summed E-state index contributed by atoms with van der Waals surface area (Å²) in [5.41, 5.74) is 14.4. The predicted molar refractivity (Wildman–Crippen MR) is 115 cm³/mol. The molecule has 2 heterocycles. The molecule has 0 unspecified atom stereocenters. The van der Waals surface area contributed by atoms with E-state index in [0.29, 0.717) is 17.0 Å². The van der Waals surface area contributed by atoms with Crippen LogP contribution < -0.4 is 11.5 Å². The summed E-state index contributed by atoms with van der Waals surface area (Å²) in [5.74, 6) is -1.20. The lowest BCUT2D eigenvalue weighted by molar-refractivity contribution is 0.1000. The Hall–Kier alpha value is -4.20. The maximum atomic E-state index is 14.7. The molecule has 0 spiro atoms. The Kier molecular flexibility index (Phi) is 4.89. The van der Waals surface area contributed by atoms with E-state index in [9.17, 15) is 9.18 Å². The molecular formula is C22H19FN6O.